The fourth-order valence-corrected chi connectivity index (χ4v) is 0.853. The Hall–Kier alpha value is -1.60. The number of phenolic OH excluding ortho intramolecular Hbond substituents is 1. The first-order chi connectivity index (χ1) is 5.66. The minimum atomic E-state index is -0.985. The van der Waals surface area contributed by atoms with E-state index in [-0.39, 0.29) is 5.56 Å². The van der Waals surface area contributed by atoms with Gasteiger partial charge in [-0.05, 0) is 6.07 Å². The Balaban J connectivity index is 3.18. The highest BCUT2D eigenvalue weighted by atomic mass is 19.1. The number of rotatable bonds is 1. The van der Waals surface area contributed by atoms with Crippen LogP contribution in [0.1, 0.15) is 11.6 Å². The maximum absolute atomic E-state index is 12.7. The lowest BCUT2D eigenvalue weighted by Gasteiger charge is -2.05. The van der Waals surface area contributed by atoms with Crippen molar-refractivity contribution in [3.63, 3.8) is 0 Å². The second kappa shape index (κ2) is 3.20. The van der Waals surface area contributed by atoms with Crippen LogP contribution in [-0.4, -0.2) is 5.11 Å². The van der Waals surface area contributed by atoms with Crippen LogP contribution in [0, 0.1) is 17.1 Å². The second-order valence-corrected chi connectivity index (χ2v) is 2.28. The number of benzene rings is 1. The lowest BCUT2D eigenvalue weighted by atomic mass is 10.1. The highest BCUT2D eigenvalue weighted by Gasteiger charge is 2.12. The molecule has 0 radical (unpaired) electrons. The number of hydrogen-bond donors (Lipinski definition) is 2. The molecule has 3 N–H and O–H groups in total. The van der Waals surface area contributed by atoms with Crippen LogP contribution in [0.5, 0.6) is 5.75 Å². The van der Waals surface area contributed by atoms with Gasteiger partial charge in [0.05, 0.1) is 6.07 Å². The normalized spacial score (nSPS) is 12.1. The molecule has 0 aliphatic carbocycles. The van der Waals surface area contributed by atoms with Gasteiger partial charge < -0.3 is 10.8 Å². The summed E-state index contributed by atoms with van der Waals surface area (Å²) in [7, 11) is 0. The van der Waals surface area contributed by atoms with E-state index >= 15 is 0 Å². The lowest BCUT2D eigenvalue weighted by molar-refractivity contribution is 0.424. The van der Waals surface area contributed by atoms with Crippen LogP contribution in [0.25, 0.3) is 0 Å². The van der Waals surface area contributed by atoms with Crippen molar-refractivity contribution >= 4 is 0 Å². The Bertz CT molecular complexity index is 332. The maximum Gasteiger partial charge on any atom is 0.165 e. The van der Waals surface area contributed by atoms with E-state index in [0.29, 0.717) is 0 Å². The highest BCUT2D eigenvalue weighted by Crippen LogP contribution is 2.24. The molecule has 0 bridgehead atoms. The smallest absolute Gasteiger partial charge is 0.165 e. The molecule has 1 aromatic carbocycles. The minimum absolute atomic E-state index is 0.109. The first kappa shape index (κ1) is 8.50. The van der Waals surface area contributed by atoms with Crippen molar-refractivity contribution in [1.29, 1.82) is 5.26 Å². The van der Waals surface area contributed by atoms with Crippen LogP contribution >= 0.6 is 0 Å². The zero-order valence-electron chi connectivity index (χ0n) is 6.16. The first-order valence-electron chi connectivity index (χ1n) is 3.29. The van der Waals surface area contributed by atoms with Crippen molar-refractivity contribution in [1.82, 2.24) is 0 Å². The van der Waals surface area contributed by atoms with Gasteiger partial charge in [0.15, 0.2) is 11.6 Å². The van der Waals surface area contributed by atoms with Crippen molar-refractivity contribution in [2.45, 2.75) is 6.04 Å². The Morgan fingerprint density at radius 3 is 2.83 bits per heavy atom. The minimum Gasteiger partial charge on any atom is -0.505 e. The molecule has 1 rings (SSSR count). The summed E-state index contributed by atoms with van der Waals surface area (Å²) < 4.78 is 12.7. The number of halogens is 1. The quantitative estimate of drug-likeness (QED) is 0.655. The second-order valence-electron chi connectivity index (χ2n) is 2.28. The van der Waals surface area contributed by atoms with Crippen LogP contribution in [-0.2, 0) is 0 Å². The molecule has 12 heavy (non-hydrogen) atoms. The third kappa shape index (κ3) is 1.36. The molecule has 1 atom stereocenters. The summed E-state index contributed by atoms with van der Waals surface area (Å²) in [5.41, 5.74) is 5.39. The Labute approximate surface area is 68.9 Å². The van der Waals surface area contributed by atoms with Crippen molar-refractivity contribution in [2.24, 2.45) is 5.73 Å². The van der Waals surface area contributed by atoms with Crippen molar-refractivity contribution in [2.75, 3.05) is 0 Å². The third-order valence-corrected chi connectivity index (χ3v) is 1.49. The maximum atomic E-state index is 12.7. The Kier molecular flexibility index (Phi) is 2.26. The zero-order valence-corrected chi connectivity index (χ0v) is 6.16. The molecule has 3 nitrogen and oxygen atoms in total. The highest BCUT2D eigenvalue weighted by molar-refractivity contribution is 5.38. The average molecular weight is 166 g/mol. The summed E-state index contributed by atoms with van der Waals surface area (Å²) in [6.45, 7) is 0. The Morgan fingerprint density at radius 1 is 1.58 bits per heavy atom. The zero-order chi connectivity index (χ0) is 9.14. The van der Waals surface area contributed by atoms with Crippen LogP contribution in [0.4, 0.5) is 4.39 Å². The topological polar surface area (TPSA) is 70.0 Å². The largest absolute Gasteiger partial charge is 0.505 e. The van der Waals surface area contributed by atoms with E-state index in [1.54, 1.807) is 6.07 Å². The summed E-state index contributed by atoms with van der Waals surface area (Å²) in [6.07, 6.45) is 0. The van der Waals surface area contributed by atoms with Gasteiger partial charge in [-0.3, -0.25) is 0 Å². The van der Waals surface area contributed by atoms with Crippen LogP contribution in [0.3, 0.4) is 0 Å². The standard InChI is InChI=1S/C8H7FN2O/c9-6-3-1-2-5(8(6)12)7(11)4-10/h1-3,7,12H,11H2/t7-/m1/s1. The summed E-state index contributed by atoms with van der Waals surface area (Å²) in [5, 5.41) is 17.5. The summed E-state index contributed by atoms with van der Waals surface area (Å²) in [5.74, 6) is -1.32. The molecule has 0 heterocycles. The molecule has 0 aliphatic heterocycles. The fourth-order valence-electron chi connectivity index (χ4n) is 0.853. The molecule has 0 spiro atoms. The Morgan fingerprint density at radius 2 is 2.25 bits per heavy atom. The van der Waals surface area contributed by atoms with Gasteiger partial charge in [0.2, 0.25) is 0 Å². The van der Waals surface area contributed by atoms with Crippen LogP contribution in [0.2, 0.25) is 0 Å². The van der Waals surface area contributed by atoms with E-state index < -0.39 is 17.6 Å². The van der Waals surface area contributed by atoms with E-state index in [4.69, 9.17) is 16.1 Å². The van der Waals surface area contributed by atoms with Gasteiger partial charge in [-0.1, -0.05) is 12.1 Å². The number of nitrogens with zero attached hydrogens (tertiary/aromatic N) is 1. The van der Waals surface area contributed by atoms with Gasteiger partial charge in [0.1, 0.15) is 6.04 Å². The number of hydrogen-bond acceptors (Lipinski definition) is 3. The monoisotopic (exact) mass is 166 g/mol. The molecule has 0 amide bonds. The predicted molar refractivity (Wildman–Crippen MR) is 40.6 cm³/mol. The van der Waals surface area contributed by atoms with Crippen LogP contribution in [0.15, 0.2) is 18.2 Å². The molecule has 0 saturated carbocycles. The number of para-hydroxylation sites is 1. The molecule has 62 valence electrons. The molecule has 0 aromatic heterocycles. The fraction of sp³-hybridized carbons (Fsp3) is 0.125. The van der Waals surface area contributed by atoms with Gasteiger partial charge >= 0.3 is 0 Å². The van der Waals surface area contributed by atoms with Crippen molar-refractivity contribution in [3.05, 3.63) is 29.6 Å². The van der Waals surface area contributed by atoms with Gasteiger partial charge in [-0.25, -0.2) is 4.39 Å². The van der Waals surface area contributed by atoms with Crippen molar-refractivity contribution in [3.8, 4) is 11.8 Å². The van der Waals surface area contributed by atoms with Gasteiger partial charge in [0.25, 0.3) is 0 Å². The van der Waals surface area contributed by atoms with E-state index in [1.165, 1.54) is 12.1 Å². The van der Waals surface area contributed by atoms with Gasteiger partial charge in [0, 0.05) is 5.56 Å². The van der Waals surface area contributed by atoms with Gasteiger partial charge in [-0.15, -0.1) is 0 Å². The molecule has 0 aliphatic rings. The van der Waals surface area contributed by atoms with E-state index in [0.717, 1.165) is 6.07 Å². The summed E-state index contributed by atoms with van der Waals surface area (Å²) >= 11 is 0. The summed E-state index contributed by atoms with van der Waals surface area (Å²) in [6, 6.07) is 4.61. The number of nitrogens with two attached hydrogens (primary N) is 1. The van der Waals surface area contributed by atoms with E-state index in [1.807, 2.05) is 0 Å². The SMILES string of the molecule is N#C[C@@H](N)c1cccc(F)c1O. The molecule has 0 saturated heterocycles. The number of aromatic hydroxyl groups is 1. The molecule has 4 heteroatoms. The van der Waals surface area contributed by atoms with Crippen molar-refractivity contribution < 1.29 is 9.50 Å². The molecular formula is C8H7FN2O. The van der Waals surface area contributed by atoms with Gasteiger partial charge in [-0.2, -0.15) is 5.26 Å². The molecule has 0 fully saturated rings. The predicted octanol–water partition coefficient (Wildman–Crippen LogP) is 1.05. The van der Waals surface area contributed by atoms with Crippen LogP contribution < -0.4 is 5.73 Å². The number of phenols is 1. The molecule has 1 aromatic rings. The van der Waals surface area contributed by atoms with E-state index in [9.17, 15) is 4.39 Å². The molecular weight excluding hydrogens is 159 g/mol. The first-order valence-corrected chi connectivity index (χ1v) is 3.29. The number of nitriles is 1. The summed E-state index contributed by atoms with van der Waals surface area (Å²) in [4.78, 5) is 0. The van der Waals surface area contributed by atoms with E-state index in [2.05, 4.69) is 0 Å². The average Bonchev–Trinajstić information content (AvgIpc) is 2.08. The molecule has 0 unspecified atom stereocenters. The third-order valence-electron chi connectivity index (χ3n) is 1.49. The lowest BCUT2D eigenvalue weighted by Crippen LogP contribution is -2.07.